The van der Waals surface area contributed by atoms with E-state index in [2.05, 4.69) is 5.48 Å². The first kappa shape index (κ1) is 8.49. The number of hydrogen-bond donors (Lipinski definition) is 2. The van der Waals surface area contributed by atoms with Gasteiger partial charge < -0.3 is 9.94 Å². The van der Waals surface area contributed by atoms with Gasteiger partial charge in [0.1, 0.15) is 0 Å². The first-order valence-corrected chi connectivity index (χ1v) is 3.85. The summed E-state index contributed by atoms with van der Waals surface area (Å²) in [5.41, 5.74) is 2.72. The van der Waals surface area contributed by atoms with Crippen LogP contribution in [0.4, 0.5) is 0 Å². The smallest absolute Gasteiger partial charge is 0.308 e. The number of hydroxylamine groups is 1. The van der Waals surface area contributed by atoms with E-state index < -0.39 is 5.97 Å². The van der Waals surface area contributed by atoms with Crippen molar-refractivity contribution in [1.29, 1.82) is 0 Å². The van der Waals surface area contributed by atoms with Crippen LogP contribution in [0.3, 0.4) is 0 Å². The average molecular weight is 159 g/mol. The Labute approximate surface area is 65.5 Å². The summed E-state index contributed by atoms with van der Waals surface area (Å²) >= 11 is 0. The van der Waals surface area contributed by atoms with Crippen LogP contribution in [-0.2, 0) is 9.63 Å². The van der Waals surface area contributed by atoms with E-state index >= 15 is 0 Å². The van der Waals surface area contributed by atoms with Crippen molar-refractivity contribution in [3.63, 3.8) is 0 Å². The normalized spacial score (nSPS) is 29.5. The highest BCUT2D eigenvalue weighted by Crippen LogP contribution is 2.27. The van der Waals surface area contributed by atoms with Crippen LogP contribution in [0.5, 0.6) is 0 Å². The molecule has 2 unspecified atom stereocenters. The molecule has 1 aliphatic rings. The van der Waals surface area contributed by atoms with Gasteiger partial charge in [0.05, 0.1) is 12.5 Å². The summed E-state index contributed by atoms with van der Waals surface area (Å²) in [5.74, 6) is -0.977. The predicted molar refractivity (Wildman–Crippen MR) is 38.9 cm³/mol. The molecule has 1 saturated carbocycles. The molecule has 64 valence electrons. The largest absolute Gasteiger partial charge is 0.481 e. The summed E-state index contributed by atoms with van der Waals surface area (Å²) < 4.78 is 0. The summed E-state index contributed by atoms with van der Waals surface area (Å²) in [4.78, 5) is 15.4. The fourth-order valence-corrected chi connectivity index (χ4v) is 1.13. The number of carboxylic acids is 1. The Morgan fingerprint density at radius 1 is 1.73 bits per heavy atom. The molecule has 1 rings (SSSR count). The van der Waals surface area contributed by atoms with Crippen molar-refractivity contribution in [1.82, 2.24) is 5.48 Å². The molecule has 0 radical (unpaired) electrons. The molecule has 0 aliphatic heterocycles. The molecule has 2 atom stereocenters. The van der Waals surface area contributed by atoms with Crippen LogP contribution in [-0.4, -0.2) is 23.7 Å². The summed E-state index contributed by atoms with van der Waals surface area (Å²) in [6, 6.07) is 0.0208. The highest BCUT2D eigenvalue weighted by molar-refractivity contribution is 5.72. The zero-order chi connectivity index (χ0) is 8.27. The van der Waals surface area contributed by atoms with Crippen molar-refractivity contribution in [3.8, 4) is 0 Å². The predicted octanol–water partition coefficient (Wildman–Crippen LogP) is 0.391. The fraction of sp³-hybridized carbons (Fsp3) is 0.857. The SMILES string of the molecule is CCONC1CCC1C(=O)O. The molecule has 1 fully saturated rings. The van der Waals surface area contributed by atoms with Gasteiger partial charge in [0.15, 0.2) is 0 Å². The van der Waals surface area contributed by atoms with Gasteiger partial charge in [-0.25, -0.2) is 0 Å². The number of nitrogens with one attached hydrogen (secondary N) is 1. The molecule has 2 N–H and O–H groups in total. The van der Waals surface area contributed by atoms with E-state index in [1.807, 2.05) is 6.92 Å². The van der Waals surface area contributed by atoms with Crippen LogP contribution in [0.1, 0.15) is 19.8 Å². The van der Waals surface area contributed by atoms with E-state index in [9.17, 15) is 4.79 Å². The van der Waals surface area contributed by atoms with Crippen LogP contribution >= 0.6 is 0 Å². The summed E-state index contributed by atoms with van der Waals surface area (Å²) in [6.45, 7) is 2.43. The fourth-order valence-electron chi connectivity index (χ4n) is 1.13. The molecular weight excluding hydrogens is 146 g/mol. The lowest BCUT2D eigenvalue weighted by Gasteiger charge is -2.33. The maximum atomic E-state index is 10.5. The van der Waals surface area contributed by atoms with Crippen LogP contribution < -0.4 is 5.48 Å². The van der Waals surface area contributed by atoms with Crippen LogP contribution in [0.25, 0.3) is 0 Å². The molecule has 4 nitrogen and oxygen atoms in total. The van der Waals surface area contributed by atoms with Crippen molar-refractivity contribution in [2.75, 3.05) is 6.61 Å². The molecule has 11 heavy (non-hydrogen) atoms. The lowest BCUT2D eigenvalue weighted by atomic mass is 9.80. The number of aliphatic carboxylic acids is 1. The first-order chi connectivity index (χ1) is 5.25. The molecule has 0 saturated heterocycles. The Hall–Kier alpha value is -0.610. The molecule has 0 spiro atoms. The quantitative estimate of drug-likeness (QED) is 0.582. The van der Waals surface area contributed by atoms with Gasteiger partial charge in [-0.3, -0.25) is 4.79 Å². The highest BCUT2D eigenvalue weighted by atomic mass is 16.6. The highest BCUT2D eigenvalue weighted by Gasteiger charge is 2.36. The van der Waals surface area contributed by atoms with Crippen molar-refractivity contribution in [3.05, 3.63) is 0 Å². The molecule has 4 heteroatoms. The lowest BCUT2D eigenvalue weighted by molar-refractivity contribution is -0.149. The van der Waals surface area contributed by atoms with Gasteiger partial charge in [-0.05, 0) is 19.8 Å². The van der Waals surface area contributed by atoms with Crippen LogP contribution in [0, 0.1) is 5.92 Å². The average Bonchev–Trinajstić information content (AvgIpc) is 1.84. The summed E-state index contributed by atoms with van der Waals surface area (Å²) in [7, 11) is 0. The monoisotopic (exact) mass is 159 g/mol. The third kappa shape index (κ3) is 1.91. The van der Waals surface area contributed by atoms with E-state index in [1.165, 1.54) is 0 Å². The number of hydrogen-bond acceptors (Lipinski definition) is 3. The van der Waals surface area contributed by atoms with E-state index in [4.69, 9.17) is 9.94 Å². The standard InChI is InChI=1S/C7H13NO3/c1-2-11-8-6-4-3-5(6)7(9)10/h5-6,8H,2-4H2,1H3,(H,9,10). The van der Waals surface area contributed by atoms with Crippen LogP contribution in [0.2, 0.25) is 0 Å². The topological polar surface area (TPSA) is 58.6 Å². The van der Waals surface area contributed by atoms with Gasteiger partial charge in [-0.15, -0.1) is 0 Å². The molecule has 0 heterocycles. The van der Waals surface area contributed by atoms with Crippen molar-refractivity contribution >= 4 is 5.97 Å². The summed E-state index contributed by atoms with van der Waals surface area (Å²) in [5, 5.41) is 8.61. The number of carbonyl (C=O) groups is 1. The zero-order valence-corrected chi connectivity index (χ0v) is 6.54. The Morgan fingerprint density at radius 2 is 2.45 bits per heavy atom. The number of rotatable bonds is 4. The Morgan fingerprint density at radius 3 is 2.82 bits per heavy atom. The van der Waals surface area contributed by atoms with Crippen LogP contribution in [0.15, 0.2) is 0 Å². The minimum atomic E-state index is -0.728. The molecule has 0 aromatic carbocycles. The first-order valence-electron chi connectivity index (χ1n) is 3.85. The van der Waals surface area contributed by atoms with Gasteiger partial charge in [-0.2, -0.15) is 5.48 Å². The molecule has 0 bridgehead atoms. The van der Waals surface area contributed by atoms with Crippen molar-refractivity contribution in [2.24, 2.45) is 5.92 Å². The second-order valence-electron chi connectivity index (χ2n) is 2.68. The lowest BCUT2D eigenvalue weighted by Crippen LogP contribution is -2.47. The third-order valence-electron chi connectivity index (χ3n) is 1.97. The van der Waals surface area contributed by atoms with Gasteiger partial charge in [0, 0.05) is 6.04 Å². The second-order valence-corrected chi connectivity index (χ2v) is 2.68. The Balaban J connectivity index is 2.20. The molecule has 0 amide bonds. The van der Waals surface area contributed by atoms with E-state index in [1.54, 1.807) is 0 Å². The van der Waals surface area contributed by atoms with Gasteiger partial charge in [0.2, 0.25) is 0 Å². The second kappa shape index (κ2) is 3.69. The van der Waals surface area contributed by atoms with E-state index in [0.717, 1.165) is 12.8 Å². The maximum absolute atomic E-state index is 10.5. The third-order valence-corrected chi connectivity index (χ3v) is 1.97. The van der Waals surface area contributed by atoms with Gasteiger partial charge in [0.25, 0.3) is 0 Å². The maximum Gasteiger partial charge on any atom is 0.308 e. The molecule has 0 aromatic rings. The Kier molecular flexibility index (Phi) is 2.84. The number of carboxylic acid groups (broad SMARTS) is 1. The Bertz CT molecular complexity index is 149. The summed E-state index contributed by atoms with van der Waals surface area (Å²) in [6.07, 6.45) is 1.66. The van der Waals surface area contributed by atoms with Gasteiger partial charge >= 0.3 is 5.97 Å². The molecule has 1 aliphatic carbocycles. The van der Waals surface area contributed by atoms with E-state index in [-0.39, 0.29) is 12.0 Å². The molecular formula is C7H13NO3. The van der Waals surface area contributed by atoms with Crippen molar-refractivity contribution < 1.29 is 14.7 Å². The zero-order valence-electron chi connectivity index (χ0n) is 6.54. The van der Waals surface area contributed by atoms with Gasteiger partial charge in [-0.1, -0.05) is 0 Å². The minimum absolute atomic E-state index is 0.0208. The minimum Gasteiger partial charge on any atom is -0.481 e. The van der Waals surface area contributed by atoms with Crippen molar-refractivity contribution in [2.45, 2.75) is 25.8 Å². The molecule has 0 aromatic heterocycles. The van der Waals surface area contributed by atoms with E-state index in [0.29, 0.717) is 6.61 Å².